The molecular weight excluding hydrogens is 312 g/mol. The van der Waals surface area contributed by atoms with Crippen molar-refractivity contribution in [1.29, 1.82) is 0 Å². The molecule has 0 saturated carbocycles. The van der Waals surface area contributed by atoms with Gasteiger partial charge in [-0.15, -0.1) is 0 Å². The Morgan fingerprint density at radius 1 is 1.22 bits per heavy atom. The first kappa shape index (κ1) is 17.8. The van der Waals surface area contributed by atoms with Crippen molar-refractivity contribution in [3.8, 4) is 0 Å². The highest BCUT2D eigenvalue weighted by atomic mass is 28.2. The molecule has 0 amide bonds. The highest BCUT2D eigenvalue weighted by Gasteiger charge is 2.38. The van der Waals surface area contributed by atoms with E-state index in [0.29, 0.717) is 20.9 Å². The minimum Gasteiger partial charge on any atom is -0.418 e. The van der Waals surface area contributed by atoms with Crippen molar-refractivity contribution in [1.82, 2.24) is 0 Å². The number of rotatable bonds is 8. The summed E-state index contributed by atoms with van der Waals surface area (Å²) in [5.41, 5.74) is 1.78. The largest absolute Gasteiger partial charge is 0.418 e. The summed E-state index contributed by atoms with van der Waals surface area (Å²) in [4.78, 5) is 23.9. The Hall–Kier alpha value is -1.50. The molecule has 6 heteroatoms. The Morgan fingerprint density at radius 2 is 1.96 bits per heavy atom. The van der Waals surface area contributed by atoms with Gasteiger partial charge in [-0.05, 0) is 51.3 Å². The molecule has 5 nitrogen and oxygen atoms in total. The number of carbonyl (C=O) groups is 2. The molecule has 1 aliphatic heterocycles. The van der Waals surface area contributed by atoms with Gasteiger partial charge in [0.1, 0.15) is 0 Å². The van der Waals surface area contributed by atoms with Crippen LogP contribution in [0, 0.1) is 0 Å². The number of cyclic esters (lactones) is 2. The van der Waals surface area contributed by atoms with E-state index in [1.165, 1.54) is 0 Å². The summed E-state index contributed by atoms with van der Waals surface area (Å²) in [5.74, 6) is -1.16. The quantitative estimate of drug-likeness (QED) is 0.317. The molecule has 2 rings (SSSR count). The normalized spacial score (nSPS) is 14.1. The monoisotopic (exact) mass is 334 g/mol. The van der Waals surface area contributed by atoms with Crippen LogP contribution >= 0.6 is 0 Å². The van der Waals surface area contributed by atoms with Crippen LogP contribution in [0.4, 0.5) is 0 Å². The van der Waals surface area contributed by atoms with E-state index in [1.807, 2.05) is 26.8 Å². The third-order valence-electron chi connectivity index (χ3n) is 3.98. The number of methoxy groups -OCH3 is 1. The average Bonchev–Trinajstić information content (AvgIpc) is 2.81. The minimum atomic E-state index is -0.674. The van der Waals surface area contributed by atoms with Crippen LogP contribution in [0.25, 0.3) is 0 Å². The Labute approximate surface area is 139 Å². The van der Waals surface area contributed by atoms with E-state index in [2.05, 4.69) is 0 Å². The molecule has 0 fully saturated rings. The van der Waals surface area contributed by atoms with Crippen LogP contribution in [-0.2, 0) is 25.9 Å². The second kappa shape index (κ2) is 7.38. The number of hydrogen-bond donors (Lipinski definition) is 0. The second-order valence-corrected chi connectivity index (χ2v) is 6.92. The van der Waals surface area contributed by atoms with E-state index < -0.39 is 17.5 Å². The number of benzene rings is 1. The summed E-state index contributed by atoms with van der Waals surface area (Å²) < 4.78 is 15.7. The number of aryl methyl sites for hydroxylation is 1. The predicted molar refractivity (Wildman–Crippen MR) is 86.7 cm³/mol. The van der Waals surface area contributed by atoms with Crippen LogP contribution in [0.1, 0.15) is 59.0 Å². The molecule has 1 aromatic carbocycles. The smallest absolute Gasteiger partial charge is 0.347 e. The first-order valence-electron chi connectivity index (χ1n) is 7.75. The molecular formula is C17H22O5Si. The molecule has 0 bridgehead atoms. The lowest BCUT2D eigenvalue weighted by Crippen LogP contribution is -2.25. The summed E-state index contributed by atoms with van der Waals surface area (Å²) in [6.07, 6.45) is 1.75. The van der Waals surface area contributed by atoms with Crippen LogP contribution in [0.3, 0.4) is 0 Å². The van der Waals surface area contributed by atoms with E-state index in [9.17, 15) is 9.59 Å². The fourth-order valence-corrected chi connectivity index (χ4v) is 3.41. The summed E-state index contributed by atoms with van der Waals surface area (Å²) in [6.45, 7) is 6.50. The fraction of sp³-hybridized carbons (Fsp3) is 0.529. The molecule has 1 aromatic rings. The van der Waals surface area contributed by atoms with Gasteiger partial charge in [-0.2, -0.15) is 0 Å². The van der Waals surface area contributed by atoms with Gasteiger partial charge in [0.2, 0.25) is 9.76 Å². The first-order valence-corrected chi connectivity index (χ1v) is 8.86. The standard InChI is InChI=1S/C17H22O5Si/c1-5-21-23-10-6-7-11-8-9-12-13(16(19)22-15(12)18)14(11)17(2,3)20-4/h8-9H,5-7,10H2,1-4H3. The van der Waals surface area contributed by atoms with Crippen molar-refractivity contribution >= 4 is 21.7 Å². The number of ether oxygens (including phenoxy) is 2. The van der Waals surface area contributed by atoms with Gasteiger partial charge < -0.3 is 13.9 Å². The van der Waals surface area contributed by atoms with Gasteiger partial charge in [0.15, 0.2) is 0 Å². The zero-order chi connectivity index (χ0) is 17.0. The topological polar surface area (TPSA) is 61.8 Å². The average molecular weight is 334 g/mol. The Balaban J connectivity index is 2.34. The van der Waals surface area contributed by atoms with Crippen molar-refractivity contribution in [3.05, 3.63) is 34.4 Å². The molecule has 1 aliphatic rings. The van der Waals surface area contributed by atoms with Crippen molar-refractivity contribution in [3.63, 3.8) is 0 Å². The summed E-state index contributed by atoms with van der Waals surface area (Å²) in [5, 5.41) is 0. The Morgan fingerprint density at radius 3 is 2.61 bits per heavy atom. The maximum atomic E-state index is 12.1. The van der Waals surface area contributed by atoms with E-state index in [-0.39, 0.29) is 0 Å². The molecule has 1 heterocycles. The zero-order valence-electron chi connectivity index (χ0n) is 14.0. The van der Waals surface area contributed by atoms with Gasteiger partial charge in [0, 0.05) is 19.3 Å². The molecule has 0 spiro atoms. The molecule has 0 aromatic heterocycles. The van der Waals surface area contributed by atoms with Crippen LogP contribution in [0.5, 0.6) is 0 Å². The second-order valence-electron chi connectivity index (χ2n) is 5.84. The molecule has 0 N–H and O–H groups in total. The van der Waals surface area contributed by atoms with E-state index >= 15 is 0 Å². The molecule has 124 valence electrons. The van der Waals surface area contributed by atoms with Gasteiger partial charge in [-0.3, -0.25) is 0 Å². The number of carbonyl (C=O) groups excluding carboxylic acids is 2. The van der Waals surface area contributed by atoms with E-state index in [1.54, 1.807) is 13.2 Å². The van der Waals surface area contributed by atoms with Crippen LogP contribution < -0.4 is 0 Å². The molecule has 0 atom stereocenters. The number of esters is 2. The van der Waals surface area contributed by atoms with Crippen molar-refractivity contribution in [2.75, 3.05) is 13.7 Å². The minimum absolute atomic E-state index is 0.329. The number of hydrogen-bond acceptors (Lipinski definition) is 5. The van der Waals surface area contributed by atoms with Crippen LogP contribution in [-0.4, -0.2) is 35.4 Å². The highest BCUT2D eigenvalue weighted by Crippen LogP contribution is 2.36. The predicted octanol–water partition coefficient (Wildman–Crippen LogP) is 2.89. The third kappa shape index (κ3) is 3.71. The van der Waals surface area contributed by atoms with Gasteiger partial charge in [-0.25, -0.2) is 9.59 Å². The van der Waals surface area contributed by atoms with Crippen LogP contribution in [0.2, 0.25) is 6.04 Å². The van der Waals surface area contributed by atoms with Crippen molar-refractivity contribution in [2.45, 2.75) is 45.3 Å². The lowest BCUT2D eigenvalue weighted by molar-refractivity contribution is 0.0168. The van der Waals surface area contributed by atoms with Gasteiger partial charge >= 0.3 is 11.9 Å². The summed E-state index contributed by atoms with van der Waals surface area (Å²) in [6, 6.07) is 4.55. The van der Waals surface area contributed by atoms with Gasteiger partial charge in [-0.1, -0.05) is 6.07 Å². The molecule has 0 unspecified atom stereocenters. The summed E-state index contributed by atoms with van der Waals surface area (Å²) in [7, 11) is 2.09. The first-order chi connectivity index (χ1) is 10.9. The number of fused-ring (bicyclic) bond motifs is 1. The summed E-state index contributed by atoms with van der Waals surface area (Å²) >= 11 is 0. The third-order valence-corrected chi connectivity index (χ3v) is 5.04. The van der Waals surface area contributed by atoms with Gasteiger partial charge in [0.05, 0.1) is 16.7 Å². The zero-order valence-corrected chi connectivity index (χ0v) is 15.0. The fourth-order valence-electron chi connectivity index (χ4n) is 2.74. The maximum absolute atomic E-state index is 12.1. The van der Waals surface area contributed by atoms with Crippen molar-refractivity contribution < 1.29 is 23.5 Å². The highest BCUT2D eigenvalue weighted by molar-refractivity contribution is 6.26. The lowest BCUT2D eigenvalue weighted by atomic mass is 9.85. The van der Waals surface area contributed by atoms with E-state index in [4.69, 9.17) is 13.9 Å². The molecule has 23 heavy (non-hydrogen) atoms. The SMILES string of the molecule is CCO[Si]CCCc1ccc2c(c1C(C)(C)OC)C(=O)OC2=O. The molecule has 0 aliphatic carbocycles. The molecule has 2 radical (unpaired) electrons. The van der Waals surface area contributed by atoms with Crippen LogP contribution in [0.15, 0.2) is 12.1 Å². The van der Waals surface area contributed by atoms with Crippen molar-refractivity contribution in [2.24, 2.45) is 0 Å². The van der Waals surface area contributed by atoms with E-state index in [0.717, 1.165) is 36.6 Å². The Kier molecular flexibility index (Phi) is 5.72. The maximum Gasteiger partial charge on any atom is 0.347 e. The lowest BCUT2D eigenvalue weighted by Gasteiger charge is -2.28. The molecule has 0 saturated heterocycles. The van der Waals surface area contributed by atoms with Gasteiger partial charge in [0.25, 0.3) is 0 Å². The Bertz CT molecular complexity index is 609.